The van der Waals surface area contributed by atoms with Crippen LogP contribution in [0.4, 0.5) is 0 Å². The minimum atomic E-state index is 0.223. The van der Waals surface area contributed by atoms with Crippen LogP contribution in [-0.4, -0.2) is 25.0 Å². The fourth-order valence-corrected chi connectivity index (χ4v) is 3.55. The predicted octanol–water partition coefficient (Wildman–Crippen LogP) is 2.36. The van der Waals surface area contributed by atoms with Crippen molar-refractivity contribution in [2.24, 2.45) is 0 Å². The third kappa shape index (κ3) is 3.21. The van der Waals surface area contributed by atoms with Gasteiger partial charge < -0.3 is 10.6 Å². The first kappa shape index (κ1) is 13.6. The summed E-state index contributed by atoms with van der Waals surface area (Å²) >= 11 is 0. The predicted molar refractivity (Wildman–Crippen MR) is 80.8 cm³/mol. The van der Waals surface area contributed by atoms with Crippen LogP contribution in [0, 0.1) is 0 Å². The highest BCUT2D eigenvalue weighted by atomic mass is 16.1. The Morgan fingerprint density at radius 2 is 2.15 bits per heavy atom. The van der Waals surface area contributed by atoms with Crippen molar-refractivity contribution in [3.63, 3.8) is 0 Å². The zero-order valence-electron chi connectivity index (χ0n) is 12.0. The van der Waals surface area contributed by atoms with Crippen LogP contribution in [0.25, 0.3) is 0 Å². The second-order valence-electron chi connectivity index (χ2n) is 6.10. The maximum atomic E-state index is 12.3. The molecular weight excluding hydrogens is 248 g/mol. The van der Waals surface area contributed by atoms with Gasteiger partial charge in [-0.15, -0.1) is 0 Å². The monoisotopic (exact) mass is 272 g/mol. The first-order valence-electron chi connectivity index (χ1n) is 7.91. The molecule has 2 atom stereocenters. The van der Waals surface area contributed by atoms with E-state index in [1.807, 2.05) is 0 Å². The molecule has 3 rings (SSSR count). The van der Waals surface area contributed by atoms with Gasteiger partial charge in [-0.1, -0.05) is 24.3 Å². The number of nitrogens with one attached hydrogen (secondary N) is 2. The fourth-order valence-electron chi connectivity index (χ4n) is 3.55. The number of aryl methyl sites for hydroxylation is 1. The lowest BCUT2D eigenvalue weighted by molar-refractivity contribution is -0.122. The van der Waals surface area contributed by atoms with E-state index in [9.17, 15) is 4.79 Å². The van der Waals surface area contributed by atoms with E-state index in [2.05, 4.69) is 34.9 Å². The van der Waals surface area contributed by atoms with Crippen LogP contribution in [-0.2, 0) is 11.2 Å². The maximum Gasteiger partial charge on any atom is 0.220 e. The number of amides is 1. The van der Waals surface area contributed by atoms with Crippen molar-refractivity contribution in [2.45, 2.75) is 50.5 Å². The van der Waals surface area contributed by atoms with Crippen molar-refractivity contribution in [2.75, 3.05) is 13.1 Å². The smallest absolute Gasteiger partial charge is 0.220 e. The maximum absolute atomic E-state index is 12.3. The Bertz CT molecular complexity index is 466. The molecule has 1 aromatic carbocycles. The molecule has 0 spiro atoms. The third-order valence-corrected chi connectivity index (χ3v) is 4.59. The molecule has 3 nitrogen and oxygen atoms in total. The van der Waals surface area contributed by atoms with E-state index >= 15 is 0 Å². The Balaban J connectivity index is 1.59. The Morgan fingerprint density at radius 3 is 3.00 bits per heavy atom. The summed E-state index contributed by atoms with van der Waals surface area (Å²) in [6, 6.07) is 8.95. The van der Waals surface area contributed by atoms with Crippen molar-refractivity contribution < 1.29 is 4.79 Å². The number of rotatable bonds is 3. The molecule has 0 bridgehead atoms. The summed E-state index contributed by atoms with van der Waals surface area (Å²) in [6.45, 7) is 2.01. The number of carbonyl (C=O) groups is 1. The molecule has 0 aromatic heterocycles. The van der Waals surface area contributed by atoms with Crippen LogP contribution in [0.5, 0.6) is 0 Å². The molecule has 2 unspecified atom stereocenters. The highest BCUT2D eigenvalue weighted by Crippen LogP contribution is 2.33. The average Bonchev–Trinajstić information content (AvgIpc) is 2.48. The Kier molecular flexibility index (Phi) is 4.36. The highest BCUT2D eigenvalue weighted by molar-refractivity contribution is 5.77. The van der Waals surface area contributed by atoms with Gasteiger partial charge in [-0.05, 0) is 55.7 Å². The van der Waals surface area contributed by atoms with Crippen LogP contribution in [0.2, 0.25) is 0 Å². The molecule has 1 amide bonds. The van der Waals surface area contributed by atoms with Gasteiger partial charge in [0.05, 0.1) is 0 Å². The first-order valence-corrected chi connectivity index (χ1v) is 7.91. The Labute approximate surface area is 121 Å². The number of hydrogen-bond acceptors (Lipinski definition) is 2. The van der Waals surface area contributed by atoms with Crippen molar-refractivity contribution in [3.8, 4) is 0 Å². The van der Waals surface area contributed by atoms with E-state index in [1.165, 1.54) is 24.0 Å². The summed E-state index contributed by atoms with van der Waals surface area (Å²) in [7, 11) is 0. The van der Waals surface area contributed by atoms with E-state index < -0.39 is 0 Å². The summed E-state index contributed by atoms with van der Waals surface area (Å²) in [5, 5.41) is 6.54. The van der Waals surface area contributed by atoms with Gasteiger partial charge in [0.1, 0.15) is 0 Å². The zero-order chi connectivity index (χ0) is 13.8. The van der Waals surface area contributed by atoms with Crippen LogP contribution in [0.15, 0.2) is 24.3 Å². The summed E-state index contributed by atoms with van der Waals surface area (Å²) < 4.78 is 0. The van der Waals surface area contributed by atoms with E-state index in [1.54, 1.807) is 0 Å². The fraction of sp³-hybridized carbons (Fsp3) is 0.588. The number of fused-ring (bicyclic) bond motifs is 1. The average molecular weight is 272 g/mol. The topological polar surface area (TPSA) is 41.1 Å². The van der Waals surface area contributed by atoms with Gasteiger partial charge in [-0.3, -0.25) is 4.79 Å². The summed E-state index contributed by atoms with van der Waals surface area (Å²) in [5.41, 5.74) is 2.84. The molecule has 1 aliphatic carbocycles. The normalized spacial score (nSPS) is 25.8. The number of benzene rings is 1. The van der Waals surface area contributed by atoms with Crippen LogP contribution in [0.1, 0.15) is 49.1 Å². The van der Waals surface area contributed by atoms with Crippen LogP contribution in [0.3, 0.4) is 0 Å². The lowest BCUT2D eigenvalue weighted by Crippen LogP contribution is -2.45. The lowest BCUT2D eigenvalue weighted by Gasteiger charge is -2.27. The number of hydrogen-bond donors (Lipinski definition) is 2. The molecule has 1 heterocycles. The van der Waals surface area contributed by atoms with Gasteiger partial charge in [0.15, 0.2) is 0 Å². The molecule has 2 aliphatic rings. The summed E-state index contributed by atoms with van der Waals surface area (Å²) in [5.74, 6) is 0.636. The largest absolute Gasteiger partial charge is 0.352 e. The summed E-state index contributed by atoms with van der Waals surface area (Å²) in [4.78, 5) is 12.3. The number of carbonyl (C=O) groups excluding carboxylic acids is 1. The van der Waals surface area contributed by atoms with Gasteiger partial charge in [0.2, 0.25) is 5.91 Å². The van der Waals surface area contributed by atoms with E-state index in [0.29, 0.717) is 18.4 Å². The van der Waals surface area contributed by atoms with Crippen LogP contribution >= 0.6 is 0 Å². The van der Waals surface area contributed by atoms with Crippen molar-refractivity contribution >= 4 is 5.91 Å². The SMILES string of the molecule is O=C(CC1CCCc2ccccc21)NC1CCCNC1. The minimum Gasteiger partial charge on any atom is -0.352 e. The molecule has 1 fully saturated rings. The van der Waals surface area contributed by atoms with E-state index in [-0.39, 0.29) is 5.91 Å². The molecule has 1 aliphatic heterocycles. The number of piperidine rings is 1. The molecule has 0 saturated carbocycles. The molecule has 20 heavy (non-hydrogen) atoms. The molecule has 2 N–H and O–H groups in total. The van der Waals surface area contributed by atoms with E-state index in [0.717, 1.165) is 32.4 Å². The van der Waals surface area contributed by atoms with Crippen LogP contribution < -0.4 is 10.6 Å². The zero-order valence-corrected chi connectivity index (χ0v) is 12.0. The van der Waals surface area contributed by atoms with Gasteiger partial charge in [-0.2, -0.15) is 0 Å². The van der Waals surface area contributed by atoms with Gasteiger partial charge in [-0.25, -0.2) is 0 Å². The lowest BCUT2D eigenvalue weighted by atomic mass is 9.81. The molecule has 3 heteroatoms. The first-order chi connectivity index (χ1) is 9.83. The minimum absolute atomic E-state index is 0.223. The molecular formula is C17H24N2O. The van der Waals surface area contributed by atoms with Crippen molar-refractivity contribution in [1.29, 1.82) is 0 Å². The van der Waals surface area contributed by atoms with Gasteiger partial charge in [0, 0.05) is 19.0 Å². The third-order valence-electron chi connectivity index (χ3n) is 4.59. The molecule has 108 valence electrons. The van der Waals surface area contributed by atoms with Crippen molar-refractivity contribution in [3.05, 3.63) is 35.4 Å². The highest BCUT2D eigenvalue weighted by Gasteiger charge is 2.23. The standard InChI is InChI=1S/C17H24N2O/c20-17(19-15-8-4-10-18-12-15)11-14-7-3-6-13-5-1-2-9-16(13)14/h1-2,5,9,14-15,18H,3-4,6-8,10-12H2,(H,19,20). The Hall–Kier alpha value is -1.35. The Morgan fingerprint density at radius 1 is 1.25 bits per heavy atom. The molecule has 1 saturated heterocycles. The second kappa shape index (κ2) is 6.40. The van der Waals surface area contributed by atoms with Gasteiger partial charge in [0.25, 0.3) is 0 Å². The molecule has 0 radical (unpaired) electrons. The van der Waals surface area contributed by atoms with Gasteiger partial charge >= 0.3 is 0 Å². The second-order valence-corrected chi connectivity index (χ2v) is 6.10. The quantitative estimate of drug-likeness (QED) is 0.887. The molecule has 1 aromatic rings. The van der Waals surface area contributed by atoms with E-state index in [4.69, 9.17) is 0 Å². The van der Waals surface area contributed by atoms with Crippen molar-refractivity contribution in [1.82, 2.24) is 10.6 Å². The summed E-state index contributed by atoms with van der Waals surface area (Å²) in [6.07, 6.45) is 6.44.